The van der Waals surface area contributed by atoms with Crippen molar-refractivity contribution in [2.45, 2.75) is 33.2 Å². The van der Waals surface area contributed by atoms with Gasteiger partial charge < -0.3 is 9.42 Å². The minimum atomic E-state index is -0.328. The molecule has 3 heterocycles. The number of nitrogens with zero attached hydrogens (tertiary/aromatic N) is 5. The number of imide groups is 1. The van der Waals surface area contributed by atoms with E-state index in [0.29, 0.717) is 49.0 Å². The molecule has 0 N–H and O–H groups in total. The van der Waals surface area contributed by atoms with Gasteiger partial charge in [-0.25, -0.2) is 0 Å². The third-order valence-electron chi connectivity index (χ3n) is 7.00. The maximum Gasteiger partial charge on any atom is 0.261 e. The Bertz CT molecular complexity index is 1310. The van der Waals surface area contributed by atoms with E-state index in [2.05, 4.69) is 15.0 Å². The number of fused-ring (bicyclic) bond motifs is 1. The Morgan fingerprint density at radius 3 is 2.33 bits per heavy atom. The zero-order valence-corrected chi connectivity index (χ0v) is 20.7. The van der Waals surface area contributed by atoms with E-state index >= 15 is 0 Å². The van der Waals surface area contributed by atoms with E-state index < -0.39 is 0 Å². The van der Waals surface area contributed by atoms with Crippen molar-refractivity contribution < 1.29 is 18.9 Å². The summed E-state index contributed by atoms with van der Waals surface area (Å²) in [6.07, 6.45) is 0.115. The van der Waals surface area contributed by atoms with Crippen molar-refractivity contribution in [2.75, 3.05) is 32.7 Å². The smallest absolute Gasteiger partial charge is 0.261 e. The molecule has 5 rings (SSSR count). The molecule has 1 aromatic heterocycles. The second-order valence-corrected chi connectivity index (χ2v) is 9.48. The summed E-state index contributed by atoms with van der Waals surface area (Å²) < 4.78 is 5.54. The first-order valence-corrected chi connectivity index (χ1v) is 12.2. The van der Waals surface area contributed by atoms with Crippen molar-refractivity contribution in [1.82, 2.24) is 24.8 Å². The van der Waals surface area contributed by atoms with Crippen LogP contribution in [0.25, 0.3) is 11.4 Å². The van der Waals surface area contributed by atoms with Gasteiger partial charge in [0.05, 0.1) is 17.2 Å². The molecule has 0 saturated carbocycles. The van der Waals surface area contributed by atoms with E-state index in [1.54, 1.807) is 17.0 Å². The van der Waals surface area contributed by atoms with Crippen LogP contribution >= 0.6 is 0 Å². The molecule has 1 unspecified atom stereocenters. The third kappa shape index (κ3) is 4.54. The van der Waals surface area contributed by atoms with Gasteiger partial charge in [-0.1, -0.05) is 46.6 Å². The van der Waals surface area contributed by atoms with Gasteiger partial charge in [-0.15, -0.1) is 0 Å². The average Bonchev–Trinajstić information content (AvgIpc) is 3.46. The summed E-state index contributed by atoms with van der Waals surface area (Å²) in [5.41, 5.74) is 3.83. The molecule has 9 nitrogen and oxygen atoms in total. The van der Waals surface area contributed by atoms with Crippen LogP contribution in [0.1, 0.15) is 57.1 Å². The summed E-state index contributed by atoms with van der Waals surface area (Å²) in [5, 5.41) is 4.13. The first kappa shape index (κ1) is 23.9. The number of aryl methyl sites for hydroxylation is 2. The molecule has 0 radical (unpaired) electrons. The number of hydrogen-bond acceptors (Lipinski definition) is 7. The Hall–Kier alpha value is -3.85. The van der Waals surface area contributed by atoms with Crippen molar-refractivity contribution >= 4 is 17.7 Å². The summed E-state index contributed by atoms with van der Waals surface area (Å²) in [7, 11) is 0. The normalized spacial score (nSPS) is 17.0. The van der Waals surface area contributed by atoms with Crippen LogP contribution in [0.4, 0.5) is 0 Å². The first-order chi connectivity index (χ1) is 17.3. The van der Waals surface area contributed by atoms with Crippen molar-refractivity contribution in [3.8, 4) is 11.4 Å². The number of amides is 3. The fourth-order valence-electron chi connectivity index (χ4n) is 4.71. The Labute approximate surface area is 209 Å². The Morgan fingerprint density at radius 1 is 0.944 bits per heavy atom. The maximum atomic E-state index is 12.8. The zero-order chi connectivity index (χ0) is 25.4. The molecule has 3 amide bonds. The molecule has 3 aromatic rings. The van der Waals surface area contributed by atoms with Crippen molar-refractivity contribution in [3.05, 3.63) is 70.6 Å². The summed E-state index contributed by atoms with van der Waals surface area (Å²) in [5.74, 6) is 0.399. The Morgan fingerprint density at radius 2 is 1.61 bits per heavy atom. The lowest BCUT2D eigenvalue weighted by Gasteiger charge is -2.37. The van der Waals surface area contributed by atoms with Crippen LogP contribution in [0.3, 0.4) is 0 Å². The third-order valence-corrected chi connectivity index (χ3v) is 7.00. The summed E-state index contributed by atoms with van der Waals surface area (Å²) in [4.78, 5) is 47.9. The fourth-order valence-corrected chi connectivity index (χ4v) is 4.71. The van der Waals surface area contributed by atoms with Gasteiger partial charge in [-0.05, 0) is 32.9 Å². The number of piperazine rings is 1. The van der Waals surface area contributed by atoms with Gasteiger partial charge in [-0.3, -0.25) is 24.2 Å². The van der Waals surface area contributed by atoms with Crippen LogP contribution in [0.15, 0.2) is 47.0 Å². The van der Waals surface area contributed by atoms with E-state index in [0.717, 1.165) is 11.1 Å². The number of hydrogen-bond donors (Lipinski definition) is 0. The summed E-state index contributed by atoms with van der Waals surface area (Å²) >= 11 is 0. The molecule has 2 aliphatic heterocycles. The Balaban J connectivity index is 1.13. The minimum Gasteiger partial charge on any atom is -0.340 e. The molecule has 0 aliphatic carbocycles. The quantitative estimate of drug-likeness (QED) is 0.492. The molecule has 1 atom stereocenters. The van der Waals surface area contributed by atoms with Crippen molar-refractivity contribution in [3.63, 3.8) is 0 Å². The summed E-state index contributed by atoms with van der Waals surface area (Å²) in [6, 6.07) is 13.1. The van der Waals surface area contributed by atoms with E-state index in [9.17, 15) is 14.4 Å². The van der Waals surface area contributed by atoms with Crippen LogP contribution in [-0.2, 0) is 4.79 Å². The highest BCUT2D eigenvalue weighted by molar-refractivity contribution is 6.21. The SMILES string of the molecule is Cc1ccc(-c2noc(C(C)N3CCN(C(=O)CCN4C(=O)c5ccc(C)cc5C4=O)CC3)n2)cc1. The fraction of sp³-hybridized carbons (Fsp3) is 0.370. The standard InChI is InChI=1S/C27H29N5O4/c1-17-4-7-20(8-5-17)24-28-25(36-29-24)19(3)30-12-14-31(15-13-30)23(33)10-11-32-26(34)21-9-6-18(2)16-22(21)27(32)35/h4-9,16,19H,10-15H2,1-3H3. The number of rotatable bonds is 6. The second kappa shape index (κ2) is 9.66. The van der Waals surface area contributed by atoms with Gasteiger partial charge in [0.1, 0.15) is 0 Å². The van der Waals surface area contributed by atoms with Crippen LogP contribution in [0.2, 0.25) is 0 Å². The molecular formula is C27H29N5O4. The van der Waals surface area contributed by atoms with Gasteiger partial charge >= 0.3 is 0 Å². The predicted molar refractivity (Wildman–Crippen MR) is 132 cm³/mol. The molecule has 9 heteroatoms. The second-order valence-electron chi connectivity index (χ2n) is 9.48. The molecule has 36 heavy (non-hydrogen) atoms. The zero-order valence-electron chi connectivity index (χ0n) is 20.7. The lowest BCUT2D eigenvalue weighted by atomic mass is 10.1. The van der Waals surface area contributed by atoms with Gasteiger partial charge in [0.15, 0.2) is 0 Å². The Kier molecular flexibility index (Phi) is 6.40. The molecule has 1 fully saturated rings. The largest absolute Gasteiger partial charge is 0.340 e. The lowest BCUT2D eigenvalue weighted by molar-refractivity contribution is -0.133. The van der Waals surface area contributed by atoms with Crippen LogP contribution < -0.4 is 0 Å². The topological polar surface area (TPSA) is 99.9 Å². The monoisotopic (exact) mass is 487 g/mol. The molecule has 0 spiro atoms. The van der Waals surface area contributed by atoms with E-state index in [-0.39, 0.29) is 36.7 Å². The molecule has 1 saturated heterocycles. The minimum absolute atomic E-state index is 0.0607. The predicted octanol–water partition coefficient (Wildman–Crippen LogP) is 3.24. The first-order valence-electron chi connectivity index (χ1n) is 12.2. The van der Waals surface area contributed by atoms with Crippen LogP contribution in [0, 0.1) is 13.8 Å². The molecular weight excluding hydrogens is 458 g/mol. The van der Waals surface area contributed by atoms with E-state index in [1.807, 2.05) is 51.1 Å². The van der Waals surface area contributed by atoms with Crippen molar-refractivity contribution in [2.24, 2.45) is 0 Å². The van der Waals surface area contributed by atoms with Crippen LogP contribution in [-0.4, -0.2) is 75.3 Å². The highest BCUT2D eigenvalue weighted by atomic mass is 16.5. The van der Waals surface area contributed by atoms with Crippen molar-refractivity contribution in [1.29, 1.82) is 0 Å². The maximum absolute atomic E-state index is 12.8. The number of carbonyl (C=O) groups excluding carboxylic acids is 3. The van der Waals surface area contributed by atoms with E-state index in [4.69, 9.17) is 4.52 Å². The van der Waals surface area contributed by atoms with Gasteiger partial charge in [0.25, 0.3) is 11.8 Å². The lowest BCUT2D eigenvalue weighted by Crippen LogP contribution is -2.49. The average molecular weight is 488 g/mol. The molecule has 2 aliphatic rings. The number of aromatic nitrogens is 2. The number of carbonyl (C=O) groups is 3. The summed E-state index contributed by atoms with van der Waals surface area (Å²) in [6.45, 7) is 8.48. The highest BCUT2D eigenvalue weighted by Crippen LogP contribution is 2.26. The van der Waals surface area contributed by atoms with E-state index in [1.165, 1.54) is 10.5 Å². The molecule has 186 valence electrons. The van der Waals surface area contributed by atoms with Gasteiger partial charge in [0, 0.05) is 44.7 Å². The van der Waals surface area contributed by atoms with Gasteiger partial charge in [-0.2, -0.15) is 4.98 Å². The number of benzene rings is 2. The van der Waals surface area contributed by atoms with Crippen LogP contribution in [0.5, 0.6) is 0 Å². The molecule has 2 aromatic carbocycles. The molecule has 0 bridgehead atoms. The van der Waals surface area contributed by atoms with Gasteiger partial charge in [0.2, 0.25) is 17.6 Å². The highest BCUT2D eigenvalue weighted by Gasteiger charge is 2.36.